The van der Waals surface area contributed by atoms with Gasteiger partial charge in [0, 0.05) is 26.3 Å². The first kappa shape index (κ1) is 18.0. The topological polar surface area (TPSA) is 97.5 Å². The predicted octanol–water partition coefficient (Wildman–Crippen LogP) is 0.180. The largest absolute Gasteiger partial charge is 0.393 e. The predicted molar refractivity (Wildman–Crippen MR) is 86.5 cm³/mol. The van der Waals surface area contributed by atoms with Crippen LogP contribution in [0.15, 0.2) is 29.2 Å². The van der Waals surface area contributed by atoms with Gasteiger partial charge < -0.3 is 5.73 Å². The van der Waals surface area contributed by atoms with E-state index in [1.165, 1.54) is 19.2 Å². The number of rotatable bonds is 7. The van der Waals surface area contributed by atoms with Crippen molar-refractivity contribution >= 4 is 37.1 Å². The maximum Gasteiger partial charge on any atom is 0.242 e. The van der Waals surface area contributed by atoms with Crippen molar-refractivity contribution in [3.63, 3.8) is 0 Å². The molecule has 0 aliphatic heterocycles. The number of benzene rings is 1. The van der Waals surface area contributed by atoms with Crippen LogP contribution in [-0.4, -0.2) is 51.7 Å². The summed E-state index contributed by atoms with van der Waals surface area (Å²) in [6.45, 7) is -0.0875. The lowest BCUT2D eigenvalue weighted by Crippen LogP contribution is -2.31. The minimum absolute atomic E-state index is 0.0875. The van der Waals surface area contributed by atoms with Gasteiger partial charge in [0.05, 0.1) is 15.6 Å². The minimum Gasteiger partial charge on any atom is -0.393 e. The van der Waals surface area contributed by atoms with Crippen molar-refractivity contribution in [1.29, 1.82) is 0 Å². The summed E-state index contributed by atoms with van der Waals surface area (Å²) >= 11 is 4.79. The molecular formula is C12H18N2O4S3. The van der Waals surface area contributed by atoms with Crippen LogP contribution in [-0.2, 0) is 26.3 Å². The summed E-state index contributed by atoms with van der Waals surface area (Å²) in [5.41, 5.74) is 6.24. The van der Waals surface area contributed by atoms with Crippen molar-refractivity contribution in [1.82, 2.24) is 4.31 Å². The molecule has 0 heterocycles. The monoisotopic (exact) mass is 350 g/mol. The quantitative estimate of drug-likeness (QED) is 0.705. The lowest BCUT2D eigenvalue weighted by atomic mass is 10.1. The van der Waals surface area contributed by atoms with Crippen LogP contribution < -0.4 is 5.73 Å². The Bertz CT molecular complexity index is 709. The molecule has 0 saturated heterocycles. The fourth-order valence-electron chi connectivity index (χ4n) is 1.57. The zero-order valence-electron chi connectivity index (χ0n) is 11.8. The van der Waals surface area contributed by atoms with E-state index in [0.717, 1.165) is 16.1 Å². The van der Waals surface area contributed by atoms with Crippen LogP contribution in [0.1, 0.15) is 5.56 Å². The number of thiocarbonyl (C=S) groups is 1. The average molecular weight is 350 g/mol. The van der Waals surface area contributed by atoms with E-state index < -0.39 is 19.9 Å². The summed E-state index contributed by atoms with van der Waals surface area (Å²) in [4.78, 5) is 0.432. The van der Waals surface area contributed by atoms with E-state index in [0.29, 0.717) is 11.4 Å². The first-order chi connectivity index (χ1) is 9.52. The third kappa shape index (κ3) is 5.70. The van der Waals surface area contributed by atoms with Gasteiger partial charge in [-0.1, -0.05) is 24.4 Å². The second kappa shape index (κ2) is 6.82. The molecule has 1 rings (SSSR count). The molecule has 0 aliphatic rings. The van der Waals surface area contributed by atoms with E-state index in [1.54, 1.807) is 12.1 Å². The summed E-state index contributed by atoms with van der Waals surface area (Å²) in [7, 11) is -5.57. The molecule has 0 aromatic heterocycles. The van der Waals surface area contributed by atoms with E-state index in [2.05, 4.69) is 0 Å². The molecule has 2 N–H and O–H groups in total. The van der Waals surface area contributed by atoms with Crippen molar-refractivity contribution < 1.29 is 16.8 Å². The van der Waals surface area contributed by atoms with Crippen molar-refractivity contribution in [3.8, 4) is 0 Å². The molecule has 0 spiro atoms. The highest BCUT2D eigenvalue weighted by molar-refractivity contribution is 7.91. The Balaban J connectivity index is 2.89. The van der Waals surface area contributed by atoms with Gasteiger partial charge in [-0.2, -0.15) is 4.31 Å². The van der Waals surface area contributed by atoms with E-state index >= 15 is 0 Å². The van der Waals surface area contributed by atoms with E-state index in [-0.39, 0.29) is 17.2 Å². The number of sulfonamides is 1. The second-order valence-corrected chi connectivity index (χ2v) is 9.57. The molecule has 0 unspecified atom stereocenters. The van der Waals surface area contributed by atoms with Gasteiger partial charge in [-0.3, -0.25) is 0 Å². The lowest BCUT2D eigenvalue weighted by molar-refractivity contribution is 0.485. The second-order valence-electron chi connectivity index (χ2n) is 4.74. The van der Waals surface area contributed by atoms with Gasteiger partial charge in [-0.15, -0.1) is 0 Å². The Morgan fingerprint density at radius 3 is 2.14 bits per heavy atom. The first-order valence-electron chi connectivity index (χ1n) is 6.04. The maximum atomic E-state index is 12.3. The molecule has 0 atom stereocenters. The zero-order valence-corrected chi connectivity index (χ0v) is 14.3. The number of nitrogens with two attached hydrogens (primary N) is 1. The Labute approximate surface area is 130 Å². The Hall–Kier alpha value is -1.03. The maximum absolute atomic E-state index is 12.3. The highest BCUT2D eigenvalue weighted by atomic mass is 32.2. The van der Waals surface area contributed by atoms with Gasteiger partial charge >= 0.3 is 0 Å². The van der Waals surface area contributed by atoms with Crippen molar-refractivity contribution in [2.75, 3.05) is 25.6 Å². The molecular weight excluding hydrogens is 332 g/mol. The number of nitrogens with zero attached hydrogens (tertiary/aromatic N) is 1. The van der Waals surface area contributed by atoms with Crippen LogP contribution in [0.5, 0.6) is 0 Å². The van der Waals surface area contributed by atoms with E-state index in [9.17, 15) is 16.8 Å². The molecule has 0 bridgehead atoms. The van der Waals surface area contributed by atoms with Crippen LogP contribution in [0.25, 0.3) is 0 Å². The smallest absolute Gasteiger partial charge is 0.242 e. The van der Waals surface area contributed by atoms with E-state index in [4.69, 9.17) is 18.0 Å². The third-order valence-electron chi connectivity index (χ3n) is 2.79. The standard InChI is InChI=1S/C12H18N2O4S3/c1-14(7-8-20(2,15)16)21(17,18)11-5-3-10(4-6-11)9-12(13)19/h3-6H,7-9H2,1-2H3,(H2,13,19). The Kier molecular flexibility index (Phi) is 5.85. The van der Waals surface area contributed by atoms with Gasteiger partial charge in [0.25, 0.3) is 0 Å². The Morgan fingerprint density at radius 1 is 1.19 bits per heavy atom. The highest BCUT2D eigenvalue weighted by Gasteiger charge is 2.21. The molecule has 0 aliphatic carbocycles. The highest BCUT2D eigenvalue weighted by Crippen LogP contribution is 2.15. The van der Waals surface area contributed by atoms with Gasteiger partial charge in [0.2, 0.25) is 10.0 Å². The SMILES string of the molecule is CN(CCS(C)(=O)=O)S(=O)(=O)c1ccc(CC(N)=S)cc1. The first-order valence-corrected chi connectivity index (χ1v) is 9.94. The summed E-state index contributed by atoms with van der Waals surface area (Å²) < 4.78 is 47.8. The fourth-order valence-corrected chi connectivity index (χ4v) is 3.63. The summed E-state index contributed by atoms with van der Waals surface area (Å²) in [5.74, 6) is -0.220. The molecule has 9 heteroatoms. The molecule has 6 nitrogen and oxygen atoms in total. The molecule has 1 aromatic carbocycles. The third-order valence-corrected chi connectivity index (χ3v) is 5.73. The van der Waals surface area contributed by atoms with Gasteiger partial charge in [0.15, 0.2) is 0 Å². The molecule has 0 fully saturated rings. The zero-order chi connectivity index (χ0) is 16.3. The van der Waals surface area contributed by atoms with Gasteiger partial charge in [0.1, 0.15) is 9.84 Å². The lowest BCUT2D eigenvalue weighted by Gasteiger charge is -2.16. The molecule has 118 valence electrons. The molecule has 21 heavy (non-hydrogen) atoms. The average Bonchev–Trinajstić information content (AvgIpc) is 2.34. The van der Waals surface area contributed by atoms with Crippen molar-refractivity contribution in [2.24, 2.45) is 5.73 Å². The van der Waals surface area contributed by atoms with Crippen LogP contribution in [0.3, 0.4) is 0 Å². The number of hydrogen-bond donors (Lipinski definition) is 1. The van der Waals surface area contributed by atoms with Crippen LogP contribution in [0.4, 0.5) is 0 Å². The van der Waals surface area contributed by atoms with E-state index in [1.807, 2.05) is 0 Å². The van der Waals surface area contributed by atoms with Crippen molar-refractivity contribution in [2.45, 2.75) is 11.3 Å². The Morgan fingerprint density at radius 2 is 1.71 bits per heavy atom. The minimum atomic E-state index is -3.70. The van der Waals surface area contributed by atoms with Crippen molar-refractivity contribution in [3.05, 3.63) is 29.8 Å². The molecule has 0 amide bonds. The molecule has 1 aromatic rings. The number of sulfone groups is 1. The van der Waals surface area contributed by atoms with Gasteiger partial charge in [-0.25, -0.2) is 16.8 Å². The molecule has 0 radical (unpaired) electrons. The summed E-state index contributed by atoms with van der Waals surface area (Å²) in [5, 5.41) is 0. The van der Waals surface area contributed by atoms with Gasteiger partial charge in [-0.05, 0) is 17.7 Å². The normalized spacial score (nSPS) is 12.5. The fraction of sp³-hybridized carbons (Fsp3) is 0.417. The van der Waals surface area contributed by atoms with Crippen LogP contribution in [0, 0.1) is 0 Å². The van der Waals surface area contributed by atoms with Crippen LogP contribution >= 0.6 is 12.2 Å². The summed E-state index contributed by atoms with van der Waals surface area (Å²) in [6.07, 6.45) is 1.47. The number of hydrogen-bond acceptors (Lipinski definition) is 5. The van der Waals surface area contributed by atoms with Crippen LogP contribution in [0.2, 0.25) is 0 Å². The molecule has 0 saturated carbocycles. The summed E-state index contributed by atoms with van der Waals surface area (Å²) in [6, 6.07) is 6.19.